The van der Waals surface area contributed by atoms with Gasteiger partial charge in [-0.2, -0.15) is 11.8 Å². The van der Waals surface area contributed by atoms with Gasteiger partial charge in [-0.25, -0.2) is 0 Å². The molecule has 0 bridgehead atoms. The lowest BCUT2D eigenvalue weighted by atomic mass is 10.2. The van der Waals surface area contributed by atoms with Gasteiger partial charge in [0.05, 0.1) is 0 Å². The highest BCUT2D eigenvalue weighted by Crippen LogP contribution is 2.31. The van der Waals surface area contributed by atoms with Gasteiger partial charge in [0, 0.05) is 39.6 Å². The first-order valence-corrected chi connectivity index (χ1v) is 8.12. The summed E-state index contributed by atoms with van der Waals surface area (Å²) in [4.78, 5) is 2.47. The number of benzene rings is 1. The van der Waals surface area contributed by atoms with Crippen molar-refractivity contribution in [1.29, 1.82) is 0 Å². The van der Waals surface area contributed by atoms with E-state index in [9.17, 15) is 0 Å². The molecule has 1 nitrogen and oxygen atoms in total. The van der Waals surface area contributed by atoms with E-state index in [2.05, 4.69) is 64.6 Å². The van der Waals surface area contributed by atoms with Crippen LogP contribution < -0.4 is 4.90 Å². The Labute approximate surface area is 121 Å². The summed E-state index contributed by atoms with van der Waals surface area (Å²) in [5.74, 6) is 0.559. The lowest BCUT2D eigenvalue weighted by Gasteiger charge is -2.36. The Morgan fingerprint density at radius 3 is 2.53 bits per heavy atom. The smallest absolute Gasteiger partial charge is 0.0485 e. The van der Waals surface area contributed by atoms with Crippen LogP contribution >= 0.6 is 39.3 Å². The molecule has 4 heteroatoms. The maximum Gasteiger partial charge on any atom is 0.0485 e. The molecule has 0 N–H and O–H groups in total. The molecule has 17 heavy (non-hydrogen) atoms. The van der Waals surface area contributed by atoms with Crippen LogP contribution in [0.3, 0.4) is 0 Å². The molecular formula is C13H17BrClNS. The summed E-state index contributed by atoms with van der Waals surface area (Å²) in [6.07, 6.45) is 0. The van der Waals surface area contributed by atoms with E-state index in [1.54, 1.807) is 0 Å². The number of hydrogen-bond donors (Lipinski definition) is 0. The highest BCUT2D eigenvalue weighted by atomic mass is 79.9. The van der Waals surface area contributed by atoms with Crippen LogP contribution in [0, 0.1) is 0 Å². The SMILES string of the molecule is CC1CN(c2ccc(CCl)c(Br)c2)CC(C)S1. The van der Waals surface area contributed by atoms with Crippen LogP contribution in [0.1, 0.15) is 19.4 Å². The molecule has 94 valence electrons. The Kier molecular flexibility index (Phi) is 4.67. The molecule has 0 aromatic heterocycles. The molecule has 1 heterocycles. The van der Waals surface area contributed by atoms with Crippen molar-refractivity contribution in [2.45, 2.75) is 30.2 Å². The zero-order valence-corrected chi connectivity index (χ0v) is 13.3. The Hall–Kier alpha value is 0.140. The fourth-order valence-corrected chi connectivity index (χ4v) is 4.46. The summed E-state index contributed by atoms with van der Waals surface area (Å²) >= 11 is 11.5. The van der Waals surface area contributed by atoms with Crippen LogP contribution in [0.25, 0.3) is 0 Å². The predicted molar refractivity (Wildman–Crippen MR) is 82.4 cm³/mol. The first-order chi connectivity index (χ1) is 8.10. The second-order valence-electron chi connectivity index (χ2n) is 4.57. The Morgan fingerprint density at radius 2 is 2.00 bits per heavy atom. The van der Waals surface area contributed by atoms with Gasteiger partial charge in [0.25, 0.3) is 0 Å². The van der Waals surface area contributed by atoms with E-state index < -0.39 is 0 Å². The molecule has 0 amide bonds. The topological polar surface area (TPSA) is 3.24 Å². The van der Waals surface area contributed by atoms with E-state index in [0.29, 0.717) is 16.4 Å². The number of nitrogens with zero attached hydrogens (tertiary/aromatic N) is 1. The van der Waals surface area contributed by atoms with Crippen molar-refractivity contribution < 1.29 is 0 Å². The first kappa shape index (κ1) is 13.6. The van der Waals surface area contributed by atoms with Crippen molar-refractivity contribution in [3.8, 4) is 0 Å². The molecule has 1 aromatic rings. The zero-order chi connectivity index (χ0) is 12.4. The van der Waals surface area contributed by atoms with Gasteiger partial charge in [0.15, 0.2) is 0 Å². The quantitative estimate of drug-likeness (QED) is 0.732. The van der Waals surface area contributed by atoms with Gasteiger partial charge < -0.3 is 4.90 Å². The van der Waals surface area contributed by atoms with Gasteiger partial charge in [0.1, 0.15) is 0 Å². The van der Waals surface area contributed by atoms with Crippen molar-refractivity contribution in [1.82, 2.24) is 0 Å². The number of thioether (sulfide) groups is 1. The molecule has 1 aliphatic heterocycles. The third-order valence-corrected chi connectivity index (χ3v) is 5.22. The number of anilines is 1. The van der Waals surface area contributed by atoms with Crippen molar-refractivity contribution in [2.24, 2.45) is 0 Å². The second kappa shape index (κ2) is 5.85. The van der Waals surface area contributed by atoms with E-state index in [4.69, 9.17) is 11.6 Å². The van der Waals surface area contributed by atoms with Gasteiger partial charge >= 0.3 is 0 Å². The van der Waals surface area contributed by atoms with Crippen molar-refractivity contribution >= 4 is 45.0 Å². The molecule has 0 spiro atoms. The van der Waals surface area contributed by atoms with E-state index in [1.807, 2.05) is 0 Å². The maximum atomic E-state index is 5.87. The van der Waals surface area contributed by atoms with Crippen LogP contribution in [0.5, 0.6) is 0 Å². The summed E-state index contributed by atoms with van der Waals surface area (Å²) in [5.41, 5.74) is 2.45. The van der Waals surface area contributed by atoms with Gasteiger partial charge in [-0.3, -0.25) is 0 Å². The third-order valence-electron chi connectivity index (χ3n) is 2.97. The fraction of sp³-hybridized carbons (Fsp3) is 0.538. The molecule has 1 aliphatic rings. The third kappa shape index (κ3) is 3.33. The van der Waals surface area contributed by atoms with Crippen molar-refractivity contribution in [3.05, 3.63) is 28.2 Å². The molecule has 1 fully saturated rings. The minimum absolute atomic E-state index is 0.559. The van der Waals surface area contributed by atoms with Gasteiger partial charge in [0.2, 0.25) is 0 Å². The first-order valence-electron chi connectivity index (χ1n) is 5.85. The Morgan fingerprint density at radius 1 is 1.35 bits per heavy atom. The standard InChI is InChI=1S/C13H17BrClNS/c1-9-7-16(8-10(2)17-9)12-4-3-11(6-15)13(14)5-12/h3-5,9-10H,6-8H2,1-2H3. The number of halogens is 2. The zero-order valence-electron chi connectivity index (χ0n) is 10.1. The summed E-state index contributed by atoms with van der Waals surface area (Å²) in [5, 5.41) is 1.40. The molecule has 2 rings (SSSR count). The normalized spacial score (nSPS) is 25.1. The number of hydrogen-bond acceptors (Lipinski definition) is 2. The lowest BCUT2D eigenvalue weighted by molar-refractivity contribution is 0.728. The average molecular weight is 335 g/mol. The molecule has 2 unspecified atom stereocenters. The van der Waals surface area contributed by atoms with E-state index in [1.165, 1.54) is 5.69 Å². The van der Waals surface area contributed by atoms with E-state index >= 15 is 0 Å². The predicted octanol–water partition coefficient (Wildman–Crippen LogP) is 4.52. The Balaban J connectivity index is 2.19. The van der Waals surface area contributed by atoms with E-state index in [-0.39, 0.29) is 0 Å². The van der Waals surface area contributed by atoms with Crippen molar-refractivity contribution in [3.63, 3.8) is 0 Å². The fourth-order valence-electron chi connectivity index (χ4n) is 2.23. The average Bonchev–Trinajstić information content (AvgIpc) is 2.27. The lowest BCUT2D eigenvalue weighted by Crippen LogP contribution is -2.40. The van der Waals surface area contributed by atoms with Crippen LogP contribution in [0.15, 0.2) is 22.7 Å². The monoisotopic (exact) mass is 333 g/mol. The van der Waals surface area contributed by atoms with E-state index in [0.717, 1.165) is 23.1 Å². The van der Waals surface area contributed by atoms with Crippen LogP contribution in [-0.2, 0) is 5.88 Å². The van der Waals surface area contributed by atoms with Gasteiger partial charge in [-0.1, -0.05) is 35.8 Å². The minimum atomic E-state index is 0.559. The van der Waals surface area contributed by atoms with Gasteiger partial charge in [-0.15, -0.1) is 11.6 Å². The summed E-state index contributed by atoms with van der Waals surface area (Å²) in [6, 6.07) is 6.48. The molecular weight excluding hydrogens is 318 g/mol. The molecule has 0 aliphatic carbocycles. The summed E-state index contributed by atoms with van der Waals surface area (Å²) in [7, 11) is 0. The highest BCUT2D eigenvalue weighted by Gasteiger charge is 2.22. The number of rotatable bonds is 2. The Bertz CT molecular complexity index is 389. The van der Waals surface area contributed by atoms with Crippen LogP contribution in [0.4, 0.5) is 5.69 Å². The molecule has 2 atom stereocenters. The van der Waals surface area contributed by atoms with Crippen molar-refractivity contribution in [2.75, 3.05) is 18.0 Å². The maximum absolute atomic E-state index is 5.87. The summed E-state index contributed by atoms with van der Waals surface area (Å²) < 4.78 is 1.11. The minimum Gasteiger partial charge on any atom is -0.369 e. The number of alkyl halides is 1. The largest absolute Gasteiger partial charge is 0.369 e. The summed E-state index contributed by atoms with van der Waals surface area (Å²) in [6.45, 7) is 6.86. The second-order valence-corrected chi connectivity index (χ2v) is 7.57. The highest BCUT2D eigenvalue weighted by molar-refractivity contribution is 9.10. The molecule has 1 aromatic carbocycles. The molecule has 1 saturated heterocycles. The van der Waals surface area contributed by atoms with Gasteiger partial charge in [-0.05, 0) is 17.7 Å². The molecule has 0 saturated carbocycles. The van der Waals surface area contributed by atoms with Crippen LogP contribution in [-0.4, -0.2) is 23.6 Å². The van der Waals surface area contributed by atoms with Crippen LogP contribution in [0.2, 0.25) is 0 Å². The molecule has 0 radical (unpaired) electrons.